The van der Waals surface area contributed by atoms with Gasteiger partial charge in [0.2, 0.25) is 0 Å². The van der Waals surface area contributed by atoms with E-state index in [1.807, 2.05) is 18.4 Å². The molecule has 0 radical (unpaired) electrons. The second kappa shape index (κ2) is 2.95. The van der Waals surface area contributed by atoms with E-state index < -0.39 is 4.21 Å². The molecule has 0 aromatic heterocycles. The molecule has 1 aliphatic rings. The first-order valence-electron chi connectivity index (χ1n) is 2.90. The third-order valence-corrected chi connectivity index (χ3v) is 3.19. The minimum Gasteiger partial charge on any atom is -0.307 e. The third-order valence-electron chi connectivity index (χ3n) is 1.37. The van der Waals surface area contributed by atoms with E-state index in [9.17, 15) is 0 Å². The number of halogens is 1. The maximum atomic E-state index is 6.05. The molecule has 1 aliphatic heterocycles. The average molecular weight is 177 g/mol. The Morgan fingerprint density at radius 2 is 2.50 bits per heavy atom. The number of dihydropyridines is 1. The number of alkyl halides is 1. The Balaban J connectivity index is 2.77. The van der Waals surface area contributed by atoms with E-state index in [0.717, 1.165) is 0 Å². The summed E-state index contributed by atoms with van der Waals surface area (Å²) in [6.45, 7) is 0. The molecule has 0 spiro atoms. The zero-order valence-corrected chi connectivity index (χ0v) is 7.19. The summed E-state index contributed by atoms with van der Waals surface area (Å²) in [6, 6.07) is 0. The van der Waals surface area contributed by atoms with Gasteiger partial charge in [-0.15, -0.1) is 11.8 Å². The molecule has 1 heterocycles. The monoisotopic (exact) mass is 176 g/mol. The zero-order chi connectivity index (χ0) is 7.61. The maximum absolute atomic E-state index is 6.05. The van der Waals surface area contributed by atoms with Crippen LogP contribution in [0.1, 0.15) is 0 Å². The largest absolute Gasteiger partial charge is 0.307 e. The Bertz CT molecular complexity index is 181. The van der Waals surface area contributed by atoms with Crippen molar-refractivity contribution in [2.75, 3.05) is 6.26 Å². The van der Waals surface area contributed by atoms with E-state index in [4.69, 9.17) is 17.3 Å². The molecule has 10 heavy (non-hydrogen) atoms. The molecule has 2 N–H and O–H groups in total. The SMILES string of the molecule is CSC1(Cl)C=CC=NC1N. The van der Waals surface area contributed by atoms with E-state index in [1.165, 1.54) is 11.8 Å². The highest BCUT2D eigenvalue weighted by Gasteiger charge is 2.31. The predicted molar refractivity (Wildman–Crippen MR) is 47.7 cm³/mol. The van der Waals surface area contributed by atoms with Gasteiger partial charge in [-0.05, 0) is 18.4 Å². The van der Waals surface area contributed by atoms with Gasteiger partial charge in [0, 0.05) is 6.21 Å². The Hall–Kier alpha value is 0.01000. The summed E-state index contributed by atoms with van der Waals surface area (Å²) in [7, 11) is 0. The van der Waals surface area contributed by atoms with E-state index in [-0.39, 0.29) is 6.17 Å². The molecule has 0 aromatic carbocycles. The highest BCUT2D eigenvalue weighted by molar-refractivity contribution is 8.01. The average Bonchev–Trinajstić information content (AvgIpc) is 1.96. The van der Waals surface area contributed by atoms with Crippen molar-refractivity contribution in [1.29, 1.82) is 0 Å². The van der Waals surface area contributed by atoms with Gasteiger partial charge in [-0.2, -0.15) is 0 Å². The second-order valence-corrected chi connectivity index (χ2v) is 3.94. The summed E-state index contributed by atoms with van der Waals surface area (Å²) in [5.74, 6) is 0. The fraction of sp³-hybridized carbons (Fsp3) is 0.500. The van der Waals surface area contributed by atoms with Gasteiger partial charge in [-0.1, -0.05) is 11.6 Å². The van der Waals surface area contributed by atoms with Gasteiger partial charge in [0.05, 0.1) is 0 Å². The lowest BCUT2D eigenvalue weighted by molar-refractivity contribution is 0.693. The molecule has 2 atom stereocenters. The molecular formula is C6H9ClN2S. The first-order chi connectivity index (χ1) is 4.69. The molecule has 0 fully saturated rings. The number of nitrogens with zero attached hydrogens (tertiary/aromatic N) is 1. The smallest absolute Gasteiger partial charge is 0.143 e. The Labute approximate surface area is 69.5 Å². The lowest BCUT2D eigenvalue weighted by Crippen LogP contribution is -2.39. The maximum Gasteiger partial charge on any atom is 0.143 e. The van der Waals surface area contributed by atoms with Crippen LogP contribution in [0, 0.1) is 0 Å². The lowest BCUT2D eigenvalue weighted by atomic mass is 10.2. The van der Waals surface area contributed by atoms with Crippen molar-refractivity contribution < 1.29 is 0 Å². The highest BCUT2D eigenvalue weighted by Crippen LogP contribution is 2.33. The zero-order valence-electron chi connectivity index (χ0n) is 5.62. The molecule has 0 saturated heterocycles. The number of allylic oxidation sites excluding steroid dienone is 1. The normalized spacial score (nSPS) is 38.5. The number of thioether (sulfide) groups is 1. The van der Waals surface area contributed by atoms with Crippen molar-refractivity contribution in [3.05, 3.63) is 12.2 Å². The van der Waals surface area contributed by atoms with Crippen molar-refractivity contribution in [3.63, 3.8) is 0 Å². The summed E-state index contributed by atoms with van der Waals surface area (Å²) in [5.41, 5.74) is 5.62. The molecule has 0 aromatic rings. The summed E-state index contributed by atoms with van der Waals surface area (Å²) in [6.07, 6.45) is 6.93. The van der Waals surface area contributed by atoms with Gasteiger partial charge >= 0.3 is 0 Å². The van der Waals surface area contributed by atoms with Crippen LogP contribution < -0.4 is 5.73 Å². The molecule has 0 amide bonds. The first kappa shape index (κ1) is 8.11. The number of hydrogen-bond donors (Lipinski definition) is 1. The number of aliphatic imine (C=N–C) groups is 1. The fourth-order valence-electron chi connectivity index (χ4n) is 0.706. The van der Waals surface area contributed by atoms with Crippen LogP contribution in [0.15, 0.2) is 17.1 Å². The molecule has 0 saturated carbocycles. The van der Waals surface area contributed by atoms with Crippen molar-refractivity contribution in [1.82, 2.24) is 0 Å². The van der Waals surface area contributed by atoms with E-state index in [1.54, 1.807) is 6.21 Å². The molecule has 56 valence electrons. The Morgan fingerprint density at radius 1 is 1.80 bits per heavy atom. The van der Waals surface area contributed by atoms with Crippen molar-refractivity contribution in [2.45, 2.75) is 10.4 Å². The molecule has 0 bridgehead atoms. The minimum absolute atomic E-state index is 0.325. The quantitative estimate of drug-likeness (QED) is 0.610. The van der Waals surface area contributed by atoms with Gasteiger partial charge in [-0.25, -0.2) is 0 Å². The van der Waals surface area contributed by atoms with Gasteiger partial charge in [0.25, 0.3) is 0 Å². The summed E-state index contributed by atoms with van der Waals surface area (Å²) < 4.78 is -0.533. The summed E-state index contributed by atoms with van der Waals surface area (Å²) >= 11 is 7.54. The number of rotatable bonds is 1. The molecule has 1 rings (SSSR count). The van der Waals surface area contributed by atoms with Crippen LogP contribution in [-0.4, -0.2) is 22.8 Å². The van der Waals surface area contributed by atoms with Crippen molar-refractivity contribution in [3.8, 4) is 0 Å². The lowest BCUT2D eigenvalue weighted by Gasteiger charge is -2.26. The van der Waals surface area contributed by atoms with Crippen LogP contribution in [0.3, 0.4) is 0 Å². The standard InChI is InChI=1S/C6H9ClN2S/c1-10-6(7)3-2-4-9-5(6)8/h2-5H,8H2,1H3. The van der Waals surface area contributed by atoms with Crippen LogP contribution in [-0.2, 0) is 0 Å². The topological polar surface area (TPSA) is 38.4 Å². The highest BCUT2D eigenvalue weighted by atomic mass is 35.5. The molecule has 2 unspecified atom stereocenters. The fourth-order valence-corrected chi connectivity index (χ4v) is 1.35. The number of nitrogens with two attached hydrogens (primary N) is 1. The molecule has 4 heteroatoms. The molecule has 0 aliphatic carbocycles. The second-order valence-electron chi connectivity index (χ2n) is 2.00. The Morgan fingerprint density at radius 3 is 2.90 bits per heavy atom. The molecular weight excluding hydrogens is 168 g/mol. The first-order valence-corrected chi connectivity index (χ1v) is 4.50. The van der Waals surface area contributed by atoms with Gasteiger partial charge in [0.1, 0.15) is 10.4 Å². The predicted octanol–water partition coefficient (Wildman–Crippen LogP) is 1.21. The van der Waals surface area contributed by atoms with Gasteiger partial charge in [-0.3, -0.25) is 4.99 Å². The van der Waals surface area contributed by atoms with Crippen molar-refractivity contribution >= 4 is 29.6 Å². The van der Waals surface area contributed by atoms with Crippen LogP contribution >= 0.6 is 23.4 Å². The summed E-state index contributed by atoms with van der Waals surface area (Å²) in [5, 5.41) is 0. The third kappa shape index (κ3) is 1.36. The van der Waals surface area contributed by atoms with E-state index in [0.29, 0.717) is 0 Å². The molecule has 2 nitrogen and oxygen atoms in total. The van der Waals surface area contributed by atoms with Gasteiger partial charge < -0.3 is 5.73 Å². The van der Waals surface area contributed by atoms with Gasteiger partial charge in [0.15, 0.2) is 0 Å². The minimum atomic E-state index is -0.533. The van der Waals surface area contributed by atoms with Crippen LogP contribution in [0.25, 0.3) is 0 Å². The van der Waals surface area contributed by atoms with E-state index in [2.05, 4.69) is 4.99 Å². The van der Waals surface area contributed by atoms with Crippen LogP contribution in [0.4, 0.5) is 0 Å². The van der Waals surface area contributed by atoms with E-state index >= 15 is 0 Å². The number of hydrogen-bond acceptors (Lipinski definition) is 3. The Kier molecular flexibility index (Phi) is 2.39. The summed E-state index contributed by atoms with van der Waals surface area (Å²) in [4.78, 5) is 3.97. The van der Waals surface area contributed by atoms with Crippen molar-refractivity contribution in [2.24, 2.45) is 10.7 Å². The van der Waals surface area contributed by atoms with Crippen LogP contribution in [0.5, 0.6) is 0 Å². The van der Waals surface area contributed by atoms with Crippen LogP contribution in [0.2, 0.25) is 0 Å².